The van der Waals surface area contributed by atoms with Gasteiger partial charge in [-0.2, -0.15) is 5.26 Å². The Hall–Kier alpha value is -2.21. The van der Waals surface area contributed by atoms with Crippen molar-refractivity contribution in [1.82, 2.24) is 10.2 Å². The number of carboxylic acid groups (broad SMARTS) is 1. The molecular weight excluding hydrogens is 210 g/mol. The van der Waals surface area contributed by atoms with E-state index in [1.807, 2.05) is 6.07 Å². The van der Waals surface area contributed by atoms with Gasteiger partial charge in [0.15, 0.2) is 0 Å². The first-order valence-corrected chi connectivity index (χ1v) is 4.57. The number of hydrogen-bond donors (Lipinski definition) is 2. The van der Waals surface area contributed by atoms with Crippen LogP contribution in [0.2, 0.25) is 0 Å². The van der Waals surface area contributed by atoms with E-state index in [4.69, 9.17) is 16.8 Å². The van der Waals surface area contributed by atoms with Crippen LogP contribution in [-0.4, -0.2) is 41.6 Å². The molecule has 0 aromatic heterocycles. The third kappa shape index (κ3) is 4.87. The minimum absolute atomic E-state index is 0.0762. The van der Waals surface area contributed by atoms with E-state index in [-0.39, 0.29) is 19.4 Å². The molecule has 0 spiro atoms. The van der Waals surface area contributed by atoms with Crippen molar-refractivity contribution in [1.29, 1.82) is 5.26 Å². The van der Waals surface area contributed by atoms with Crippen molar-refractivity contribution in [3.05, 3.63) is 0 Å². The number of terminal acetylenes is 1. The molecule has 6 heteroatoms. The van der Waals surface area contributed by atoms with Crippen LogP contribution in [0, 0.1) is 23.7 Å². The fourth-order valence-corrected chi connectivity index (χ4v) is 0.896. The van der Waals surface area contributed by atoms with Crippen LogP contribution in [0.25, 0.3) is 0 Å². The average Bonchev–Trinajstić information content (AvgIpc) is 2.24. The highest BCUT2D eigenvalue weighted by atomic mass is 16.4. The van der Waals surface area contributed by atoms with Gasteiger partial charge in [0.2, 0.25) is 0 Å². The Bertz CT molecular complexity index is 340. The van der Waals surface area contributed by atoms with E-state index in [0.717, 1.165) is 0 Å². The summed E-state index contributed by atoms with van der Waals surface area (Å²) in [6.07, 6.45) is 5.09. The van der Waals surface area contributed by atoms with Crippen molar-refractivity contribution >= 4 is 12.0 Å². The second kappa shape index (κ2) is 7.13. The van der Waals surface area contributed by atoms with Gasteiger partial charge in [-0.05, 0) is 0 Å². The van der Waals surface area contributed by atoms with Crippen molar-refractivity contribution in [3.8, 4) is 18.4 Å². The summed E-state index contributed by atoms with van der Waals surface area (Å²) in [5, 5.41) is 19.3. The summed E-state index contributed by atoms with van der Waals surface area (Å²) < 4.78 is 0. The van der Waals surface area contributed by atoms with Crippen LogP contribution < -0.4 is 5.32 Å². The zero-order valence-corrected chi connectivity index (χ0v) is 8.93. The number of urea groups is 1. The van der Waals surface area contributed by atoms with E-state index >= 15 is 0 Å². The second-order valence-electron chi connectivity index (χ2n) is 3.08. The maximum atomic E-state index is 11.4. The molecule has 0 aliphatic heterocycles. The van der Waals surface area contributed by atoms with Crippen molar-refractivity contribution < 1.29 is 14.7 Å². The van der Waals surface area contributed by atoms with E-state index in [1.165, 1.54) is 11.9 Å². The summed E-state index contributed by atoms with van der Waals surface area (Å²) in [6, 6.07) is 0.232. The number of hydrogen-bond acceptors (Lipinski definition) is 3. The van der Waals surface area contributed by atoms with E-state index in [2.05, 4.69) is 11.2 Å². The highest BCUT2D eigenvalue weighted by molar-refractivity contribution is 5.82. The number of nitrogens with one attached hydrogen (secondary N) is 1. The number of rotatable bonds is 5. The maximum Gasteiger partial charge on any atom is 0.327 e. The smallest absolute Gasteiger partial charge is 0.327 e. The van der Waals surface area contributed by atoms with E-state index in [9.17, 15) is 9.59 Å². The zero-order valence-electron chi connectivity index (χ0n) is 8.93. The third-order valence-electron chi connectivity index (χ3n) is 1.82. The molecule has 0 radical (unpaired) electrons. The lowest BCUT2D eigenvalue weighted by Crippen LogP contribution is -2.46. The largest absolute Gasteiger partial charge is 0.480 e. The molecule has 0 fully saturated rings. The van der Waals surface area contributed by atoms with Crippen LogP contribution in [-0.2, 0) is 4.79 Å². The Morgan fingerprint density at radius 2 is 2.25 bits per heavy atom. The first kappa shape index (κ1) is 13.8. The Kier molecular flexibility index (Phi) is 6.15. The first-order valence-electron chi connectivity index (χ1n) is 4.57. The van der Waals surface area contributed by atoms with Gasteiger partial charge < -0.3 is 15.3 Å². The van der Waals surface area contributed by atoms with E-state index < -0.39 is 18.0 Å². The molecule has 0 heterocycles. The molecule has 1 atom stereocenters. The number of nitriles is 1. The van der Waals surface area contributed by atoms with Gasteiger partial charge in [0.1, 0.15) is 6.04 Å². The van der Waals surface area contributed by atoms with Crippen molar-refractivity contribution in [2.75, 3.05) is 13.6 Å². The molecule has 0 bridgehead atoms. The van der Waals surface area contributed by atoms with Crippen molar-refractivity contribution in [3.63, 3.8) is 0 Å². The topological polar surface area (TPSA) is 93.4 Å². The molecular formula is C10H13N3O3. The van der Waals surface area contributed by atoms with Crippen LogP contribution >= 0.6 is 0 Å². The highest BCUT2D eigenvalue weighted by Crippen LogP contribution is 1.94. The van der Waals surface area contributed by atoms with Gasteiger partial charge in [-0.15, -0.1) is 12.3 Å². The Morgan fingerprint density at radius 3 is 2.69 bits per heavy atom. The summed E-state index contributed by atoms with van der Waals surface area (Å²) in [7, 11) is 1.47. The Morgan fingerprint density at radius 1 is 1.62 bits per heavy atom. The SMILES string of the molecule is C#CCC(NC(=O)N(C)CCC#N)C(=O)O. The molecule has 0 aromatic rings. The minimum Gasteiger partial charge on any atom is -0.480 e. The lowest BCUT2D eigenvalue weighted by atomic mass is 10.2. The summed E-state index contributed by atoms with van der Waals surface area (Å²) in [5.41, 5.74) is 0. The molecule has 1 unspecified atom stereocenters. The van der Waals surface area contributed by atoms with Gasteiger partial charge in [-0.1, -0.05) is 0 Å². The van der Waals surface area contributed by atoms with Crippen LogP contribution in [0.4, 0.5) is 4.79 Å². The lowest BCUT2D eigenvalue weighted by molar-refractivity contribution is -0.139. The number of carboxylic acids is 1. The highest BCUT2D eigenvalue weighted by Gasteiger charge is 2.20. The summed E-state index contributed by atoms with van der Waals surface area (Å²) >= 11 is 0. The summed E-state index contributed by atoms with van der Waals surface area (Å²) in [6.45, 7) is 0.241. The van der Waals surface area contributed by atoms with Crippen molar-refractivity contribution in [2.24, 2.45) is 0 Å². The number of amides is 2. The normalized spacial score (nSPS) is 10.7. The molecule has 0 rings (SSSR count). The van der Waals surface area contributed by atoms with Gasteiger partial charge in [0, 0.05) is 20.0 Å². The zero-order chi connectivity index (χ0) is 12.6. The van der Waals surface area contributed by atoms with Gasteiger partial charge in [0.05, 0.1) is 12.5 Å². The Balaban J connectivity index is 4.25. The third-order valence-corrected chi connectivity index (χ3v) is 1.82. The molecule has 2 amide bonds. The van der Waals surface area contributed by atoms with Crippen LogP contribution in [0.1, 0.15) is 12.8 Å². The van der Waals surface area contributed by atoms with Gasteiger partial charge in [0.25, 0.3) is 0 Å². The van der Waals surface area contributed by atoms with Gasteiger partial charge in [-0.3, -0.25) is 0 Å². The summed E-state index contributed by atoms with van der Waals surface area (Å²) in [4.78, 5) is 23.3. The molecule has 0 saturated heterocycles. The molecule has 16 heavy (non-hydrogen) atoms. The minimum atomic E-state index is -1.18. The fraction of sp³-hybridized carbons (Fsp3) is 0.500. The predicted molar refractivity (Wildman–Crippen MR) is 56.3 cm³/mol. The first-order chi connectivity index (χ1) is 7.52. The predicted octanol–water partition coefficient (Wildman–Crippen LogP) is 0.0180. The molecule has 0 saturated carbocycles. The molecule has 86 valence electrons. The van der Waals surface area contributed by atoms with E-state index in [0.29, 0.717) is 0 Å². The second-order valence-corrected chi connectivity index (χ2v) is 3.08. The number of carbonyl (C=O) groups is 2. The Labute approximate surface area is 93.8 Å². The number of nitrogens with zero attached hydrogens (tertiary/aromatic N) is 2. The van der Waals surface area contributed by atoms with Crippen LogP contribution in [0.15, 0.2) is 0 Å². The molecule has 0 aromatic carbocycles. The monoisotopic (exact) mass is 223 g/mol. The van der Waals surface area contributed by atoms with Crippen LogP contribution in [0.5, 0.6) is 0 Å². The standard InChI is InChI=1S/C10H13N3O3/c1-3-5-8(9(14)15)12-10(16)13(2)7-4-6-11/h1,8H,4-5,7H2,2H3,(H,12,16)(H,14,15). The van der Waals surface area contributed by atoms with Crippen LogP contribution in [0.3, 0.4) is 0 Å². The van der Waals surface area contributed by atoms with Gasteiger partial charge in [-0.25, -0.2) is 9.59 Å². The molecule has 0 aliphatic rings. The van der Waals surface area contributed by atoms with Gasteiger partial charge >= 0.3 is 12.0 Å². The molecule has 6 nitrogen and oxygen atoms in total. The number of carbonyl (C=O) groups excluding carboxylic acids is 1. The lowest BCUT2D eigenvalue weighted by Gasteiger charge is -2.19. The average molecular weight is 223 g/mol. The fourth-order valence-electron chi connectivity index (χ4n) is 0.896. The van der Waals surface area contributed by atoms with E-state index in [1.54, 1.807) is 0 Å². The number of aliphatic carboxylic acids is 1. The molecule has 0 aliphatic carbocycles. The quantitative estimate of drug-likeness (QED) is 0.642. The summed E-state index contributed by atoms with van der Waals surface area (Å²) in [5.74, 6) is 0.990. The van der Waals surface area contributed by atoms with Crippen molar-refractivity contribution in [2.45, 2.75) is 18.9 Å². The maximum absolute atomic E-state index is 11.4. The molecule has 2 N–H and O–H groups in total.